The van der Waals surface area contributed by atoms with Crippen molar-refractivity contribution < 1.29 is 4.74 Å². The first-order valence-corrected chi connectivity index (χ1v) is 51.9. The lowest BCUT2D eigenvalue weighted by Crippen LogP contribution is -2.56. The van der Waals surface area contributed by atoms with Gasteiger partial charge in [0.1, 0.15) is 0 Å². The van der Waals surface area contributed by atoms with Gasteiger partial charge in [-0.1, -0.05) is 213 Å². The maximum atomic E-state index is 5.72. The Hall–Kier alpha value is -0.480. The van der Waals surface area contributed by atoms with Crippen molar-refractivity contribution in [3.63, 3.8) is 0 Å². The van der Waals surface area contributed by atoms with Gasteiger partial charge < -0.3 is 20.7 Å². The van der Waals surface area contributed by atoms with Crippen LogP contribution in [0.1, 0.15) is 461 Å². The molecule has 3 aliphatic carbocycles. The van der Waals surface area contributed by atoms with E-state index in [2.05, 4.69) is 201 Å². The molecule has 11 aliphatic heterocycles. The molecule has 3 N–H and O–H groups in total. The van der Waals surface area contributed by atoms with E-state index in [4.69, 9.17) is 4.74 Å². The molecule has 0 aromatic carbocycles. The summed E-state index contributed by atoms with van der Waals surface area (Å²) in [6, 6.07) is 5.02. The third kappa shape index (κ3) is 46.7. The van der Waals surface area contributed by atoms with Crippen LogP contribution in [-0.4, -0.2) is 237 Å². The van der Waals surface area contributed by atoms with Crippen LogP contribution < -0.4 is 16.0 Å². The Balaban J connectivity index is -0.000000227. The third-order valence-electron chi connectivity index (χ3n) is 24.6. The lowest BCUT2D eigenvalue weighted by atomic mass is 9.94. The summed E-state index contributed by atoms with van der Waals surface area (Å²) in [5, 5.41) is 10.9. The van der Waals surface area contributed by atoms with Crippen LogP contribution in [-0.2, 0) is 4.74 Å². The molecular weight excluding hydrogens is 1420 g/mol. The monoisotopic (exact) mass is 1650 g/mol. The minimum absolute atomic E-state index is 0.280. The zero-order valence-electron chi connectivity index (χ0n) is 90.3. The molecule has 0 aromatic rings. The molecule has 1 spiro atoms. The van der Waals surface area contributed by atoms with Crippen molar-refractivity contribution in [1.29, 1.82) is 0 Å². The Labute approximate surface area is 738 Å². The van der Waals surface area contributed by atoms with Gasteiger partial charge >= 0.3 is 0 Å². The van der Waals surface area contributed by atoms with E-state index in [1.807, 2.05) is 194 Å². The first kappa shape index (κ1) is 129. The second-order valence-electron chi connectivity index (χ2n) is 37.9. The van der Waals surface area contributed by atoms with Gasteiger partial charge in [-0.15, -0.1) is 0 Å². The van der Waals surface area contributed by atoms with E-state index in [0.717, 1.165) is 80.1 Å². The van der Waals surface area contributed by atoms with E-state index in [1.165, 1.54) is 207 Å². The van der Waals surface area contributed by atoms with Crippen molar-refractivity contribution >= 4 is 0 Å². The van der Waals surface area contributed by atoms with E-state index in [9.17, 15) is 0 Å². The molecule has 116 heavy (non-hydrogen) atoms. The zero-order valence-corrected chi connectivity index (χ0v) is 90.3. The molecule has 12 unspecified atom stereocenters. The number of piperazine rings is 1. The van der Waals surface area contributed by atoms with Crippen LogP contribution in [0.4, 0.5) is 0 Å². The summed E-state index contributed by atoms with van der Waals surface area (Å²) in [5.41, 5.74) is 3.08. The Kier molecular flexibility index (Phi) is 78.4. The molecule has 11 heterocycles. The Bertz CT molecular complexity index is 1870. The number of fused-ring (bicyclic) bond motifs is 6. The van der Waals surface area contributed by atoms with Gasteiger partial charge in [0.15, 0.2) is 0 Å². The summed E-state index contributed by atoms with van der Waals surface area (Å²) in [7, 11) is 0. The van der Waals surface area contributed by atoms with Gasteiger partial charge in [-0.25, -0.2) is 0 Å². The highest BCUT2D eigenvalue weighted by Gasteiger charge is 2.47. The quantitative estimate of drug-likeness (QED) is 0.216. The van der Waals surface area contributed by atoms with E-state index >= 15 is 0 Å². The van der Waals surface area contributed by atoms with Gasteiger partial charge in [-0.3, -0.25) is 39.2 Å². The van der Waals surface area contributed by atoms with Crippen molar-refractivity contribution in [2.24, 2.45) is 23.7 Å². The first-order chi connectivity index (χ1) is 55.0. The van der Waals surface area contributed by atoms with Crippen molar-refractivity contribution in [3.05, 3.63) is 0 Å². The molecule has 3 saturated carbocycles. The van der Waals surface area contributed by atoms with E-state index in [0.29, 0.717) is 50.9 Å². The van der Waals surface area contributed by atoms with E-state index in [1.54, 1.807) is 0 Å². The molecule has 0 radical (unpaired) electrons. The fourth-order valence-electron chi connectivity index (χ4n) is 19.2. The summed E-state index contributed by atoms with van der Waals surface area (Å²) in [4.78, 5) is 21.2. The zero-order chi connectivity index (χ0) is 92.3. The van der Waals surface area contributed by atoms with Crippen molar-refractivity contribution in [1.82, 2.24) is 55.1 Å². The normalized spacial score (nSPS) is 28.1. The number of ether oxygens (including phenoxy) is 1. The lowest BCUT2D eigenvalue weighted by molar-refractivity contribution is 0.0145. The molecule has 0 amide bonds. The highest BCUT2D eigenvalue weighted by molar-refractivity contribution is 5.04. The van der Waals surface area contributed by atoms with Crippen molar-refractivity contribution in [3.8, 4) is 0 Å². The predicted molar refractivity (Wildman–Crippen MR) is 536 cm³/mol. The highest BCUT2D eigenvalue weighted by Crippen LogP contribution is 2.44. The molecule has 12 nitrogen and oxygen atoms in total. The number of morpholine rings is 1. The maximum absolute atomic E-state index is 5.72. The van der Waals surface area contributed by atoms with Crippen LogP contribution >= 0.6 is 0 Å². The van der Waals surface area contributed by atoms with Crippen LogP contribution in [0.2, 0.25) is 0 Å². The first-order valence-electron chi connectivity index (χ1n) is 51.9. The Morgan fingerprint density at radius 1 is 0.267 bits per heavy atom. The third-order valence-corrected chi connectivity index (χ3v) is 24.6. The summed E-state index contributed by atoms with van der Waals surface area (Å²) in [6.45, 7) is 126. The van der Waals surface area contributed by atoms with Gasteiger partial charge in [0.25, 0.3) is 0 Å². The lowest BCUT2D eigenvalue weighted by Gasteiger charge is -2.44. The van der Waals surface area contributed by atoms with Crippen molar-refractivity contribution in [2.75, 3.05) is 111 Å². The molecule has 11 saturated heterocycles. The minimum Gasteiger partial charge on any atom is -0.374 e. The fourth-order valence-corrected chi connectivity index (χ4v) is 19.2. The number of nitrogens with one attached hydrogen (secondary N) is 3. The largest absolute Gasteiger partial charge is 0.374 e. The number of hydrogen-bond acceptors (Lipinski definition) is 12. The standard InChI is InChI=1S/3C11H22N2.3C11H21N.C10H20N2O.14C2H6/c1-10(2,3)13-8-6-11(9-13)5-4-7-12-11;1-11(2,3)13-7-9-5-4-6-12-10(9)8-13;1-11(2,3)13-8-7-12-6-4-5-10(12)9-13;3*1-11(2,3)12-8-7-9-5-4-6-10(9)12;1-10(2,3)12-6-8-9(7-12)13-5-4-11-8;14*1-2/h12H,4-9H2,1-3H3;9-10,12H,4-8H2,1-3H3;10H,4-9H2,1-3H3;3*9-10H,4-8H2,1-3H3;8-9,11H,4-7H2,1-3H3;14*1-2H3. The SMILES string of the molecule is CC.CC.CC.CC.CC.CC.CC.CC.CC.CC.CC.CC.CC.CC.CC(C)(C)N1CC2CCCNC2C1.CC(C)(C)N1CC2NCCOC2C1.CC(C)(C)N1CCC2(CCCN2)C1.CC(C)(C)N1CCC2CCCC21.CC(C)(C)N1CCC2CCCC21.CC(C)(C)N1CCC2CCCC21.CC(C)(C)N1CCN2CCCC2C1. The number of piperidine rings is 1. The summed E-state index contributed by atoms with van der Waals surface area (Å²) >= 11 is 0. The molecule has 14 rings (SSSR count). The molecule has 0 aromatic heterocycles. The van der Waals surface area contributed by atoms with Crippen molar-refractivity contribution in [2.45, 2.75) is 548 Å². The summed E-state index contributed by atoms with van der Waals surface area (Å²) in [5.74, 6) is 4.06. The minimum atomic E-state index is 0.280. The fraction of sp³-hybridized carbons (Fsp3) is 1.00. The molecule has 0 bridgehead atoms. The number of nitrogens with zero attached hydrogens (tertiary/aromatic N) is 8. The molecule has 12 heteroatoms. The van der Waals surface area contributed by atoms with Gasteiger partial charge in [-0.05, 0) is 311 Å². The number of rotatable bonds is 0. The molecule has 14 aliphatic rings. The molecule has 12 atom stereocenters. The van der Waals surface area contributed by atoms with Gasteiger partial charge in [0.2, 0.25) is 0 Å². The van der Waals surface area contributed by atoms with Crippen LogP contribution in [0.25, 0.3) is 0 Å². The van der Waals surface area contributed by atoms with Crippen LogP contribution in [0, 0.1) is 23.7 Å². The second kappa shape index (κ2) is 70.7. The molecule has 710 valence electrons. The van der Waals surface area contributed by atoms with Crippen LogP contribution in [0.5, 0.6) is 0 Å². The second-order valence-corrected chi connectivity index (χ2v) is 37.9. The average Bonchev–Trinajstić information content (AvgIpc) is 1.65. The topological polar surface area (TPSA) is 71.2 Å². The average molecular weight is 1650 g/mol. The van der Waals surface area contributed by atoms with Gasteiger partial charge in [-0.2, -0.15) is 0 Å². The Morgan fingerprint density at radius 3 is 0.966 bits per heavy atom. The van der Waals surface area contributed by atoms with E-state index in [-0.39, 0.29) is 5.54 Å². The number of likely N-dealkylation sites (tertiary alicyclic amines) is 6. The number of hydrogen-bond donors (Lipinski definition) is 3. The van der Waals surface area contributed by atoms with Crippen LogP contribution in [0.3, 0.4) is 0 Å². The van der Waals surface area contributed by atoms with Crippen LogP contribution in [0.15, 0.2) is 0 Å². The van der Waals surface area contributed by atoms with E-state index < -0.39 is 0 Å². The molecule has 14 fully saturated rings. The highest BCUT2D eigenvalue weighted by atomic mass is 16.5. The smallest absolute Gasteiger partial charge is 0.0867 e. The van der Waals surface area contributed by atoms with Gasteiger partial charge in [0, 0.05) is 146 Å². The maximum Gasteiger partial charge on any atom is 0.0867 e. The molecular formula is C104H233N11O. The van der Waals surface area contributed by atoms with Gasteiger partial charge in [0.05, 0.1) is 12.7 Å². The Morgan fingerprint density at radius 2 is 0.629 bits per heavy atom. The summed E-state index contributed by atoms with van der Waals surface area (Å²) in [6.07, 6.45) is 27.9. The summed E-state index contributed by atoms with van der Waals surface area (Å²) < 4.78 is 5.72. The predicted octanol–water partition coefficient (Wildman–Crippen LogP) is 27.4.